The lowest BCUT2D eigenvalue weighted by molar-refractivity contribution is -0.163. The Bertz CT molecular complexity index is 655. The molecule has 2 rings (SSSR count). The summed E-state index contributed by atoms with van der Waals surface area (Å²) in [7, 11) is 0. The second-order valence-electron chi connectivity index (χ2n) is 6.78. The maximum absolute atomic E-state index is 12.4. The second kappa shape index (κ2) is 10.9. The third-order valence-electron chi connectivity index (χ3n) is 3.67. The molecule has 8 heteroatoms. The van der Waals surface area contributed by atoms with Crippen LogP contribution in [-0.4, -0.2) is 40.8 Å². The van der Waals surface area contributed by atoms with Crippen LogP contribution in [0.15, 0.2) is 12.2 Å². The van der Waals surface area contributed by atoms with E-state index in [1.807, 2.05) is 20.8 Å². The fraction of sp³-hybridized carbons (Fsp3) is 0.632. The average molecular weight is 398 g/mol. The molecule has 0 saturated heterocycles. The first-order chi connectivity index (χ1) is 12.6. The van der Waals surface area contributed by atoms with Gasteiger partial charge in [-0.25, -0.2) is 9.78 Å². The van der Waals surface area contributed by atoms with Crippen molar-refractivity contribution in [1.82, 2.24) is 9.88 Å². The molecule has 7 nitrogen and oxygen atoms in total. The zero-order valence-corrected chi connectivity index (χ0v) is 17.7. The highest BCUT2D eigenvalue weighted by molar-refractivity contribution is 7.15. The van der Waals surface area contributed by atoms with E-state index in [1.54, 1.807) is 4.90 Å². The van der Waals surface area contributed by atoms with Gasteiger partial charge in [-0.1, -0.05) is 12.5 Å². The van der Waals surface area contributed by atoms with E-state index in [-0.39, 0.29) is 6.04 Å². The minimum atomic E-state index is -0.891. The number of esters is 1. The van der Waals surface area contributed by atoms with Gasteiger partial charge in [-0.05, 0) is 33.1 Å². The van der Waals surface area contributed by atoms with Crippen LogP contribution in [0.25, 0.3) is 0 Å². The quantitative estimate of drug-likeness (QED) is 0.460. The number of nitrogen functional groups attached to an aromatic ring is 1. The maximum atomic E-state index is 12.4. The molecule has 0 saturated carbocycles. The van der Waals surface area contributed by atoms with E-state index in [4.69, 9.17) is 15.2 Å². The zero-order chi connectivity index (χ0) is 20.6. The van der Waals surface area contributed by atoms with Gasteiger partial charge >= 0.3 is 12.1 Å². The van der Waals surface area contributed by atoms with Crippen LogP contribution in [0.1, 0.15) is 58.0 Å². The van der Waals surface area contributed by atoms with Gasteiger partial charge in [0.2, 0.25) is 6.29 Å². The molecule has 0 spiro atoms. The SMILES string of the molecule is C=C(C)C.CCCN(C(=O)OC(C)OC(C)=O)C1CCc2nc(N)sc2C1. The third-order valence-corrected chi connectivity index (χ3v) is 4.62. The average Bonchev–Trinajstić information content (AvgIpc) is 2.90. The normalized spacial score (nSPS) is 16.3. The number of hydrogen-bond acceptors (Lipinski definition) is 7. The van der Waals surface area contributed by atoms with Crippen LogP contribution in [0.5, 0.6) is 0 Å². The van der Waals surface area contributed by atoms with Gasteiger partial charge in [-0.2, -0.15) is 0 Å². The molecule has 0 radical (unpaired) electrons. The number of rotatable bonds is 5. The molecule has 1 aliphatic rings. The topological polar surface area (TPSA) is 94.8 Å². The minimum absolute atomic E-state index is 0.0549. The molecule has 0 bridgehead atoms. The Morgan fingerprint density at radius 3 is 2.56 bits per heavy atom. The lowest BCUT2D eigenvalue weighted by atomic mass is 9.96. The van der Waals surface area contributed by atoms with Crippen molar-refractivity contribution in [3.05, 3.63) is 22.7 Å². The van der Waals surface area contributed by atoms with Gasteiger partial charge in [0, 0.05) is 37.7 Å². The summed E-state index contributed by atoms with van der Waals surface area (Å²) in [6.45, 7) is 12.9. The smallest absolute Gasteiger partial charge is 0.413 e. The van der Waals surface area contributed by atoms with Gasteiger partial charge < -0.3 is 20.1 Å². The van der Waals surface area contributed by atoms with Crippen LogP contribution in [-0.2, 0) is 27.1 Å². The zero-order valence-electron chi connectivity index (χ0n) is 16.9. The number of anilines is 1. The predicted molar refractivity (Wildman–Crippen MR) is 108 cm³/mol. The molecule has 0 aromatic carbocycles. The molecule has 1 aromatic heterocycles. The van der Waals surface area contributed by atoms with Gasteiger partial charge in [0.25, 0.3) is 0 Å². The van der Waals surface area contributed by atoms with Crippen molar-refractivity contribution in [1.29, 1.82) is 0 Å². The van der Waals surface area contributed by atoms with Crippen molar-refractivity contribution >= 4 is 28.5 Å². The molecule has 152 valence electrons. The van der Waals surface area contributed by atoms with Crippen molar-refractivity contribution < 1.29 is 19.1 Å². The fourth-order valence-corrected chi connectivity index (χ4v) is 3.72. The number of fused-ring (bicyclic) bond motifs is 1. The Morgan fingerprint density at radius 2 is 2.00 bits per heavy atom. The molecule has 1 aliphatic carbocycles. The number of aryl methyl sites for hydroxylation is 1. The maximum Gasteiger partial charge on any atom is 0.413 e. The number of nitrogens with zero attached hydrogens (tertiary/aromatic N) is 2. The van der Waals surface area contributed by atoms with E-state index in [2.05, 4.69) is 11.6 Å². The van der Waals surface area contributed by atoms with Crippen molar-refractivity contribution in [2.45, 2.75) is 72.6 Å². The highest BCUT2D eigenvalue weighted by Gasteiger charge is 2.31. The summed E-state index contributed by atoms with van der Waals surface area (Å²) < 4.78 is 10.1. The van der Waals surface area contributed by atoms with Gasteiger partial charge in [-0.3, -0.25) is 4.79 Å². The summed E-state index contributed by atoms with van der Waals surface area (Å²) in [5, 5.41) is 0.573. The Kier molecular flexibility index (Phi) is 9.28. The largest absolute Gasteiger partial charge is 0.426 e. The van der Waals surface area contributed by atoms with Gasteiger partial charge in [0.05, 0.1) is 5.69 Å². The Balaban J connectivity index is 0.000000828. The van der Waals surface area contributed by atoms with Gasteiger partial charge in [0.15, 0.2) is 5.13 Å². The number of thiazole rings is 1. The first-order valence-electron chi connectivity index (χ1n) is 9.14. The summed E-state index contributed by atoms with van der Waals surface area (Å²) >= 11 is 1.48. The Hall–Kier alpha value is -2.09. The van der Waals surface area contributed by atoms with Crippen LogP contribution >= 0.6 is 11.3 Å². The molecule has 2 N–H and O–H groups in total. The fourth-order valence-electron chi connectivity index (χ4n) is 2.77. The second-order valence-corrected chi connectivity index (χ2v) is 7.90. The Morgan fingerprint density at radius 1 is 1.37 bits per heavy atom. The van der Waals surface area contributed by atoms with Crippen molar-refractivity contribution in [3.8, 4) is 0 Å². The van der Waals surface area contributed by atoms with Crippen LogP contribution in [0.4, 0.5) is 9.93 Å². The molecular formula is C19H31N3O4S. The number of amides is 1. The molecule has 0 fully saturated rings. The monoisotopic (exact) mass is 397 g/mol. The highest BCUT2D eigenvalue weighted by Crippen LogP contribution is 2.30. The molecule has 1 heterocycles. The van der Waals surface area contributed by atoms with E-state index in [1.165, 1.54) is 30.8 Å². The highest BCUT2D eigenvalue weighted by atomic mass is 32.1. The lowest BCUT2D eigenvalue weighted by Crippen LogP contribution is -2.45. The number of nitrogens with two attached hydrogens (primary N) is 1. The number of allylic oxidation sites excluding steroid dienone is 1. The van der Waals surface area contributed by atoms with E-state index in [0.29, 0.717) is 11.7 Å². The number of carbonyl (C=O) groups excluding carboxylic acids is 2. The number of aromatic nitrogens is 1. The van der Waals surface area contributed by atoms with Crippen LogP contribution in [0.2, 0.25) is 0 Å². The number of ether oxygens (including phenoxy) is 2. The predicted octanol–water partition coefficient (Wildman–Crippen LogP) is 3.92. The Labute approximate surface area is 165 Å². The molecule has 27 heavy (non-hydrogen) atoms. The first-order valence-corrected chi connectivity index (χ1v) is 9.96. The van der Waals surface area contributed by atoms with E-state index in [9.17, 15) is 9.59 Å². The first kappa shape index (κ1) is 23.0. The summed E-state index contributed by atoms with van der Waals surface area (Å²) in [5.74, 6) is -0.477. The minimum Gasteiger partial charge on any atom is -0.426 e. The van der Waals surface area contributed by atoms with Crippen molar-refractivity contribution in [2.24, 2.45) is 0 Å². The molecule has 0 aliphatic heterocycles. The van der Waals surface area contributed by atoms with Gasteiger partial charge in [0.1, 0.15) is 0 Å². The molecule has 2 unspecified atom stereocenters. The number of carbonyl (C=O) groups is 2. The standard InChI is InChI=1S/C15H23N3O4S.C4H8/c1-4-7-18(15(20)22-10(3)21-9(2)19)11-5-6-12-13(8-11)23-14(16)17-12;1-4(2)3/h10-11H,4-8H2,1-3H3,(H2,16,17);1H2,2-3H3. The molecule has 1 amide bonds. The lowest BCUT2D eigenvalue weighted by Gasteiger charge is -2.33. The van der Waals surface area contributed by atoms with Crippen molar-refractivity contribution in [3.63, 3.8) is 0 Å². The van der Waals surface area contributed by atoms with Crippen LogP contribution < -0.4 is 5.73 Å². The summed E-state index contributed by atoms with van der Waals surface area (Å²) in [6.07, 6.45) is 1.85. The molecule has 2 atom stereocenters. The molecule has 1 aromatic rings. The van der Waals surface area contributed by atoms with E-state index >= 15 is 0 Å². The van der Waals surface area contributed by atoms with Crippen molar-refractivity contribution in [2.75, 3.05) is 12.3 Å². The summed E-state index contributed by atoms with van der Waals surface area (Å²) in [6, 6.07) is 0.0549. The van der Waals surface area contributed by atoms with Gasteiger partial charge in [-0.15, -0.1) is 17.9 Å². The van der Waals surface area contributed by atoms with Crippen LogP contribution in [0, 0.1) is 0 Å². The third kappa shape index (κ3) is 7.99. The summed E-state index contributed by atoms with van der Waals surface area (Å²) in [5.41, 5.74) is 7.97. The summed E-state index contributed by atoms with van der Waals surface area (Å²) in [4.78, 5) is 30.5. The van der Waals surface area contributed by atoms with Crippen LogP contribution in [0.3, 0.4) is 0 Å². The molecular weight excluding hydrogens is 366 g/mol. The van der Waals surface area contributed by atoms with E-state index in [0.717, 1.165) is 36.3 Å². The number of hydrogen-bond donors (Lipinski definition) is 1. The van der Waals surface area contributed by atoms with E-state index < -0.39 is 18.4 Å².